The van der Waals surface area contributed by atoms with Gasteiger partial charge in [0.15, 0.2) is 12.4 Å². The summed E-state index contributed by atoms with van der Waals surface area (Å²) in [4.78, 5) is 0. The van der Waals surface area contributed by atoms with Crippen LogP contribution in [0, 0.1) is 0 Å². The Hall–Kier alpha value is -0.460. The monoisotopic (exact) mass is 394 g/mol. The smallest absolute Gasteiger partial charge is 0.379 e. The molecule has 0 bridgehead atoms. The van der Waals surface area contributed by atoms with Gasteiger partial charge in [-0.1, -0.05) is 26.7 Å². The highest BCUT2D eigenvalue weighted by molar-refractivity contribution is 7.87. The molecule has 0 amide bonds. The first-order valence-electron chi connectivity index (χ1n) is 8.16. The van der Waals surface area contributed by atoms with Crippen LogP contribution in [0.5, 0.6) is 0 Å². The minimum atomic E-state index is -5.89. The molecule has 7 nitrogen and oxygen atoms in total. The summed E-state index contributed by atoms with van der Waals surface area (Å²) in [5, 5.41) is 9.80. The molecule has 1 saturated heterocycles. The third-order valence-corrected chi connectivity index (χ3v) is 4.58. The lowest BCUT2D eigenvalue weighted by Crippen LogP contribution is -2.43. The Morgan fingerprint density at radius 1 is 1.08 bits per heavy atom. The van der Waals surface area contributed by atoms with Gasteiger partial charge >= 0.3 is 15.6 Å². The van der Waals surface area contributed by atoms with Crippen molar-refractivity contribution in [1.82, 2.24) is 0 Å². The normalized spacial score (nSPS) is 27.8. The van der Waals surface area contributed by atoms with E-state index >= 15 is 0 Å². The Labute approximate surface area is 145 Å². The van der Waals surface area contributed by atoms with E-state index in [1.807, 2.05) is 13.8 Å². The maximum absolute atomic E-state index is 12.5. The topological polar surface area (TPSA) is 91.3 Å². The Bertz CT molecular complexity index is 483. The number of hydrogen-bond acceptors (Lipinski definition) is 7. The minimum absolute atomic E-state index is 0.0558. The predicted octanol–water partition coefficient (Wildman–Crippen LogP) is 1.94. The summed E-state index contributed by atoms with van der Waals surface area (Å²) < 4.78 is 80.1. The Kier molecular flexibility index (Phi) is 9.05. The fourth-order valence-electron chi connectivity index (χ4n) is 2.16. The fraction of sp³-hybridized carbons (Fsp3) is 1.00. The van der Waals surface area contributed by atoms with Crippen molar-refractivity contribution in [3.05, 3.63) is 0 Å². The van der Waals surface area contributed by atoms with Crippen LogP contribution in [0.1, 0.15) is 39.5 Å². The second-order valence-electron chi connectivity index (χ2n) is 5.64. The van der Waals surface area contributed by atoms with E-state index < -0.39 is 40.2 Å². The third-order valence-electron chi connectivity index (χ3n) is 3.54. The predicted molar refractivity (Wildman–Crippen MR) is 81.1 cm³/mol. The highest BCUT2D eigenvalue weighted by Crippen LogP contribution is 2.32. The molecule has 0 aliphatic carbocycles. The molecule has 1 aliphatic rings. The number of alkyl halides is 3. The van der Waals surface area contributed by atoms with Crippen molar-refractivity contribution >= 4 is 10.1 Å². The standard InChI is InChI=1S/C14H25F3O7S/c1-3-5-7-21-9-10-11(22-8-6-4-2)12(13(18)23-10)24-25(19,20)14(15,16)17/h10-13,18H,3-9H2,1-2H3/t10-,11-,12+,13?/m1/s1. The molecule has 0 aromatic carbocycles. The zero-order chi connectivity index (χ0) is 19.1. The Morgan fingerprint density at radius 2 is 1.68 bits per heavy atom. The zero-order valence-corrected chi connectivity index (χ0v) is 15.0. The van der Waals surface area contributed by atoms with Crippen molar-refractivity contribution in [1.29, 1.82) is 0 Å². The van der Waals surface area contributed by atoms with Gasteiger partial charge in [-0.3, -0.25) is 4.18 Å². The largest absolute Gasteiger partial charge is 0.523 e. The molecule has 1 unspecified atom stereocenters. The van der Waals surface area contributed by atoms with Gasteiger partial charge in [0, 0.05) is 13.2 Å². The first-order chi connectivity index (χ1) is 11.6. The minimum Gasteiger partial charge on any atom is -0.379 e. The third kappa shape index (κ3) is 6.65. The van der Waals surface area contributed by atoms with E-state index in [0.717, 1.165) is 19.3 Å². The molecule has 0 aromatic rings. The van der Waals surface area contributed by atoms with Crippen molar-refractivity contribution in [2.24, 2.45) is 0 Å². The van der Waals surface area contributed by atoms with Gasteiger partial charge in [-0.15, -0.1) is 0 Å². The molecule has 1 aliphatic heterocycles. The number of aliphatic hydroxyl groups is 1. The highest BCUT2D eigenvalue weighted by atomic mass is 32.2. The van der Waals surface area contributed by atoms with Crippen molar-refractivity contribution in [2.45, 2.75) is 69.6 Å². The second kappa shape index (κ2) is 10.0. The van der Waals surface area contributed by atoms with Crippen LogP contribution in [0.25, 0.3) is 0 Å². The average Bonchev–Trinajstić information content (AvgIpc) is 2.79. The lowest BCUT2D eigenvalue weighted by Gasteiger charge is -2.23. The molecule has 1 N–H and O–H groups in total. The van der Waals surface area contributed by atoms with Crippen LogP contribution >= 0.6 is 0 Å². The summed E-state index contributed by atoms with van der Waals surface area (Å²) in [6.07, 6.45) is -2.78. The molecule has 4 atom stereocenters. The average molecular weight is 394 g/mol. The number of aliphatic hydroxyl groups excluding tert-OH is 1. The first-order valence-corrected chi connectivity index (χ1v) is 9.57. The number of unbranched alkanes of at least 4 members (excludes halogenated alkanes) is 2. The summed E-state index contributed by atoms with van der Waals surface area (Å²) in [6, 6.07) is 0. The van der Waals surface area contributed by atoms with Gasteiger partial charge in [-0.05, 0) is 12.8 Å². The van der Waals surface area contributed by atoms with Gasteiger partial charge in [0.1, 0.15) is 12.2 Å². The van der Waals surface area contributed by atoms with Crippen LogP contribution in [0.3, 0.4) is 0 Å². The van der Waals surface area contributed by atoms with E-state index in [-0.39, 0.29) is 13.2 Å². The van der Waals surface area contributed by atoms with Gasteiger partial charge in [-0.2, -0.15) is 21.6 Å². The number of halogens is 3. The van der Waals surface area contributed by atoms with E-state index in [9.17, 15) is 26.7 Å². The van der Waals surface area contributed by atoms with Crippen LogP contribution in [0.4, 0.5) is 13.2 Å². The van der Waals surface area contributed by atoms with E-state index in [2.05, 4.69) is 4.18 Å². The maximum atomic E-state index is 12.5. The van der Waals surface area contributed by atoms with Crippen LogP contribution in [0.15, 0.2) is 0 Å². The van der Waals surface area contributed by atoms with Crippen molar-refractivity contribution in [3.8, 4) is 0 Å². The van der Waals surface area contributed by atoms with E-state index in [4.69, 9.17) is 14.2 Å². The zero-order valence-electron chi connectivity index (χ0n) is 14.2. The number of hydrogen-bond donors (Lipinski definition) is 1. The van der Waals surface area contributed by atoms with Crippen LogP contribution in [-0.2, 0) is 28.5 Å². The molecule has 0 spiro atoms. The lowest BCUT2D eigenvalue weighted by molar-refractivity contribution is -0.135. The molecular weight excluding hydrogens is 369 g/mol. The molecule has 25 heavy (non-hydrogen) atoms. The van der Waals surface area contributed by atoms with Gasteiger partial charge in [-0.25, -0.2) is 0 Å². The van der Waals surface area contributed by atoms with E-state index in [1.54, 1.807) is 0 Å². The summed E-state index contributed by atoms with van der Waals surface area (Å²) in [6.45, 7) is 4.35. The molecular formula is C14H25F3O7S. The molecule has 150 valence electrons. The molecule has 0 saturated carbocycles. The number of rotatable bonds is 11. The van der Waals surface area contributed by atoms with Crippen LogP contribution < -0.4 is 0 Å². The van der Waals surface area contributed by atoms with E-state index in [1.165, 1.54) is 0 Å². The van der Waals surface area contributed by atoms with Gasteiger partial charge in [0.05, 0.1) is 6.61 Å². The summed E-state index contributed by atoms with van der Waals surface area (Å²) in [5.74, 6) is 0. The van der Waals surface area contributed by atoms with Gasteiger partial charge < -0.3 is 19.3 Å². The summed E-state index contributed by atoms with van der Waals surface area (Å²) in [7, 11) is -5.89. The van der Waals surface area contributed by atoms with Gasteiger partial charge in [0.25, 0.3) is 0 Å². The molecule has 11 heteroatoms. The SMILES string of the molecule is CCCCOC[C@H]1OC(O)[C@@H](OS(=O)(=O)C(F)(F)F)[C@@H]1OCCCC. The Balaban J connectivity index is 2.81. The second-order valence-corrected chi connectivity index (χ2v) is 7.21. The van der Waals surface area contributed by atoms with Crippen LogP contribution in [-0.4, -0.2) is 63.5 Å². The molecule has 0 radical (unpaired) electrons. The Morgan fingerprint density at radius 3 is 2.24 bits per heavy atom. The summed E-state index contributed by atoms with van der Waals surface area (Å²) in [5.41, 5.74) is -5.60. The van der Waals surface area contributed by atoms with Crippen molar-refractivity contribution in [3.63, 3.8) is 0 Å². The molecule has 1 heterocycles. The lowest BCUT2D eigenvalue weighted by atomic mass is 10.1. The van der Waals surface area contributed by atoms with E-state index in [0.29, 0.717) is 13.0 Å². The maximum Gasteiger partial charge on any atom is 0.523 e. The molecule has 1 rings (SSSR count). The quantitative estimate of drug-likeness (QED) is 0.325. The van der Waals surface area contributed by atoms with Gasteiger partial charge in [0.2, 0.25) is 0 Å². The first kappa shape index (κ1) is 22.6. The molecule has 1 fully saturated rings. The molecule has 0 aromatic heterocycles. The fourth-order valence-corrected chi connectivity index (χ4v) is 2.76. The van der Waals surface area contributed by atoms with Crippen molar-refractivity contribution < 1.29 is 45.1 Å². The number of ether oxygens (including phenoxy) is 3. The van der Waals surface area contributed by atoms with Crippen molar-refractivity contribution in [2.75, 3.05) is 19.8 Å². The van der Waals surface area contributed by atoms with Crippen LogP contribution in [0.2, 0.25) is 0 Å². The summed E-state index contributed by atoms with van der Waals surface area (Å²) >= 11 is 0. The highest BCUT2D eigenvalue weighted by Gasteiger charge is 2.54.